The highest BCUT2D eigenvalue weighted by Crippen LogP contribution is 2.27. The predicted molar refractivity (Wildman–Crippen MR) is 75.4 cm³/mol. The Morgan fingerprint density at radius 2 is 1.79 bits per heavy atom. The molecule has 0 saturated carbocycles. The van der Waals surface area contributed by atoms with Crippen molar-refractivity contribution in [3.8, 4) is 17.6 Å². The van der Waals surface area contributed by atoms with Gasteiger partial charge in [-0.05, 0) is 49.4 Å². The number of ether oxygens (including phenoxy) is 1. The van der Waals surface area contributed by atoms with Gasteiger partial charge < -0.3 is 4.74 Å². The highest BCUT2D eigenvalue weighted by Gasteiger charge is 2.07. The molecule has 0 spiro atoms. The monoisotopic (exact) mass is 315 g/mol. The van der Waals surface area contributed by atoms with Crippen LogP contribution in [0.25, 0.3) is 0 Å². The number of nitriles is 1. The molecule has 0 aliphatic rings. The molecule has 0 unspecified atom stereocenters. The Morgan fingerprint density at radius 3 is 2.37 bits per heavy atom. The van der Waals surface area contributed by atoms with E-state index in [0.29, 0.717) is 22.6 Å². The van der Waals surface area contributed by atoms with Gasteiger partial charge in [0.05, 0.1) is 11.6 Å². The molecule has 94 valence electrons. The zero-order valence-electron chi connectivity index (χ0n) is 10.2. The van der Waals surface area contributed by atoms with Gasteiger partial charge in [-0.2, -0.15) is 5.26 Å². The number of Topliss-reactive ketones (excluding diaryl/α,β-unsaturated/α-hetero) is 1. The van der Waals surface area contributed by atoms with Crippen molar-refractivity contribution in [2.75, 3.05) is 0 Å². The van der Waals surface area contributed by atoms with Crippen LogP contribution in [0, 0.1) is 11.3 Å². The van der Waals surface area contributed by atoms with Crippen LogP contribution in [0.4, 0.5) is 0 Å². The Balaban J connectivity index is 2.25. The standard InChI is InChI=1S/C15H10BrNO2/c1-10(18)14-8-13(6-7-15(14)16)19-12-4-2-11(9-17)3-5-12/h2-8H,1H3. The van der Waals surface area contributed by atoms with Crippen LogP contribution >= 0.6 is 15.9 Å². The van der Waals surface area contributed by atoms with E-state index in [1.165, 1.54) is 6.92 Å². The fourth-order valence-corrected chi connectivity index (χ4v) is 2.10. The molecule has 0 bridgehead atoms. The van der Waals surface area contributed by atoms with Crippen LogP contribution in [0.5, 0.6) is 11.5 Å². The van der Waals surface area contributed by atoms with Crippen LogP contribution in [0.1, 0.15) is 22.8 Å². The van der Waals surface area contributed by atoms with Crippen molar-refractivity contribution in [3.63, 3.8) is 0 Å². The summed E-state index contributed by atoms with van der Waals surface area (Å²) in [6, 6.07) is 14.1. The molecule has 0 atom stereocenters. The number of benzene rings is 2. The van der Waals surface area contributed by atoms with Gasteiger partial charge in [0, 0.05) is 10.0 Å². The van der Waals surface area contributed by atoms with Gasteiger partial charge in [0.25, 0.3) is 0 Å². The van der Waals surface area contributed by atoms with E-state index in [2.05, 4.69) is 15.9 Å². The van der Waals surface area contributed by atoms with Crippen LogP contribution in [0.15, 0.2) is 46.9 Å². The smallest absolute Gasteiger partial charge is 0.161 e. The molecule has 4 heteroatoms. The molecule has 0 heterocycles. The molecule has 0 amide bonds. The number of carbonyl (C=O) groups is 1. The van der Waals surface area contributed by atoms with Gasteiger partial charge >= 0.3 is 0 Å². The van der Waals surface area contributed by atoms with Crippen LogP contribution < -0.4 is 4.74 Å². The number of hydrogen-bond donors (Lipinski definition) is 0. The molecule has 0 aromatic heterocycles. The van der Waals surface area contributed by atoms with Crippen molar-refractivity contribution in [1.29, 1.82) is 5.26 Å². The summed E-state index contributed by atoms with van der Waals surface area (Å²) in [5, 5.41) is 8.71. The molecule has 0 fully saturated rings. The van der Waals surface area contributed by atoms with Gasteiger partial charge in [-0.25, -0.2) is 0 Å². The van der Waals surface area contributed by atoms with Crippen molar-refractivity contribution in [2.24, 2.45) is 0 Å². The maximum Gasteiger partial charge on any atom is 0.161 e. The third-order valence-corrected chi connectivity index (χ3v) is 3.23. The minimum Gasteiger partial charge on any atom is -0.457 e. The molecule has 19 heavy (non-hydrogen) atoms. The molecule has 0 N–H and O–H groups in total. The molecular weight excluding hydrogens is 306 g/mol. The third kappa shape index (κ3) is 3.21. The van der Waals surface area contributed by atoms with Gasteiger partial charge in [0.15, 0.2) is 5.78 Å². The lowest BCUT2D eigenvalue weighted by Gasteiger charge is -2.08. The van der Waals surface area contributed by atoms with Gasteiger partial charge in [-0.3, -0.25) is 4.79 Å². The van der Waals surface area contributed by atoms with Crippen LogP contribution in [-0.2, 0) is 0 Å². The maximum absolute atomic E-state index is 11.4. The first kappa shape index (κ1) is 13.3. The van der Waals surface area contributed by atoms with E-state index in [0.717, 1.165) is 4.47 Å². The van der Waals surface area contributed by atoms with E-state index in [1.807, 2.05) is 6.07 Å². The average Bonchev–Trinajstić information content (AvgIpc) is 2.41. The van der Waals surface area contributed by atoms with Crippen molar-refractivity contribution < 1.29 is 9.53 Å². The summed E-state index contributed by atoms with van der Waals surface area (Å²) < 4.78 is 6.38. The first-order chi connectivity index (χ1) is 9.10. The van der Waals surface area contributed by atoms with Crippen molar-refractivity contribution >= 4 is 21.7 Å². The largest absolute Gasteiger partial charge is 0.457 e. The minimum atomic E-state index is -0.0304. The van der Waals surface area contributed by atoms with Gasteiger partial charge in [0.1, 0.15) is 11.5 Å². The van der Waals surface area contributed by atoms with Crippen molar-refractivity contribution in [3.05, 3.63) is 58.1 Å². The molecule has 0 radical (unpaired) electrons. The van der Waals surface area contributed by atoms with Crippen molar-refractivity contribution in [2.45, 2.75) is 6.92 Å². The number of carbonyl (C=O) groups excluding carboxylic acids is 1. The summed E-state index contributed by atoms with van der Waals surface area (Å²) in [6.45, 7) is 1.51. The highest BCUT2D eigenvalue weighted by atomic mass is 79.9. The summed E-state index contributed by atoms with van der Waals surface area (Å²) in [4.78, 5) is 11.4. The first-order valence-corrected chi connectivity index (χ1v) is 6.38. The number of rotatable bonds is 3. The van der Waals surface area contributed by atoms with E-state index < -0.39 is 0 Å². The van der Waals surface area contributed by atoms with E-state index in [9.17, 15) is 4.79 Å². The molecule has 3 nitrogen and oxygen atoms in total. The summed E-state index contributed by atoms with van der Waals surface area (Å²) in [5.41, 5.74) is 1.15. The van der Waals surface area contributed by atoms with Crippen LogP contribution in [0.3, 0.4) is 0 Å². The first-order valence-electron chi connectivity index (χ1n) is 5.58. The van der Waals surface area contributed by atoms with E-state index in [1.54, 1.807) is 42.5 Å². The zero-order chi connectivity index (χ0) is 13.8. The molecule has 0 saturated heterocycles. The highest BCUT2D eigenvalue weighted by molar-refractivity contribution is 9.10. The van der Waals surface area contributed by atoms with Gasteiger partial charge in [-0.1, -0.05) is 15.9 Å². The zero-order valence-corrected chi connectivity index (χ0v) is 11.8. The quantitative estimate of drug-likeness (QED) is 0.793. The van der Waals surface area contributed by atoms with E-state index in [4.69, 9.17) is 10.00 Å². The second kappa shape index (κ2) is 5.68. The summed E-state index contributed by atoms with van der Waals surface area (Å²) in [7, 11) is 0. The average molecular weight is 316 g/mol. The van der Waals surface area contributed by atoms with Crippen LogP contribution in [-0.4, -0.2) is 5.78 Å². The van der Waals surface area contributed by atoms with E-state index in [-0.39, 0.29) is 5.78 Å². The second-order valence-corrected chi connectivity index (χ2v) is 4.79. The lowest BCUT2D eigenvalue weighted by molar-refractivity contribution is 0.101. The number of hydrogen-bond acceptors (Lipinski definition) is 3. The lowest BCUT2D eigenvalue weighted by Crippen LogP contribution is -1.94. The third-order valence-electron chi connectivity index (χ3n) is 2.54. The SMILES string of the molecule is CC(=O)c1cc(Oc2ccc(C#N)cc2)ccc1Br. The van der Waals surface area contributed by atoms with Gasteiger partial charge in [0.2, 0.25) is 0 Å². The van der Waals surface area contributed by atoms with Gasteiger partial charge in [-0.15, -0.1) is 0 Å². The Hall–Kier alpha value is -2.12. The molecule has 2 aromatic rings. The second-order valence-electron chi connectivity index (χ2n) is 3.94. The maximum atomic E-state index is 11.4. The summed E-state index contributed by atoms with van der Waals surface area (Å²) >= 11 is 3.32. The predicted octanol–water partition coefficient (Wildman–Crippen LogP) is 4.32. The molecule has 2 rings (SSSR count). The Kier molecular flexibility index (Phi) is 3.98. The number of halogens is 1. The molecular formula is C15H10BrNO2. The topological polar surface area (TPSA) is 50.1 Å². The lowest BCUT2D eigenvalue weighted by atomic mass is 10.1. The minimum absolute atomic E-state index is 0.0304. The van der Waals surface area contributed by atoms with Crippen LogP contribution in [0.2, 0.25) is 0 Å². The summed E-state index contributed by atoms with van der Waals surface area (Å²) in [6.07, 6.45) is 0. The summed E-state index contributed by atoms with van der Waals surface area (Å²) in [5.74, 6) is 1.17. The molecule has 2 aromatic carbocycles. The molecule has 0 aliphatic carbocycles. The fourth-order valence-electron chi connectivity index (χ4n) is 1.57. The fraction of sp³-hybridized carbons (Fsp3) is 0.0667. The normalized spacial score (nSPS) is 9.74. The number of nitrogens with zero attached hydrogens (tertiary/aromatic N) is 1. The molecule has 0 aliphatic heterocycles. The Morgan fingerprint density at radius 1 is 1.16 bits per heavy atom. The van der Waals surface area contributed by atoms with E-state index >= 15 is 0 Å². The Labute approximate surface area is 119 Å². The number of ketones is 1. The Bertz CT molecular complexity index is 657. The van der Waals surface area contributed by atoms with Crippen molar-refractivity contribution in [1.82, 2.24) is 0 Å².